The molecule has 0 saturated carbocycles. The first kappa shape index (κ1) is 17.7. The fourth-order valence-electron chi connectivity index (χ4n) is 2.51. The molecule has 0 atom stereocenters. The van der Waals surface area contributed by atoms with Crippen molar-refractivity contribution in [2.45, 2.75) is 40.8 Å². The van der Waals surface area contributed by atoms with Crippen LogP contribution in [0.1, 0.15) is 38.8 Å². The van der Waals surface area contributed by atoms with E-state index in [-0.39, 0.29) is 0 Å². The van der Waals surface area contributed by atoms with E-state index in [0.29, 0.717) is 11.8 Å². The first-order valence-corrected chi connectivity index (χ1v) is 8.36. The Kier molecular flexibility index (Phi) is 7.78. The summed E-state index contributed by atoms with van der Waals surface area (Å²) >= 11 is 3.72. The van der Waals surface area contributed by atoms with Crippen molar-refractivity contribution >= 4 is 15.9 Å². The average Bonchev–Trinajstić information content (AvgIpc) is 2.31. The molecule has 0 radical (unpaired) electrons. The lowest BCUT2D eigenvalue weighted by atomic mass is 10.1. The Morgan fingerprint density at radius 2 is 1.70 bits per heavy atom. The topological polar surface area (TPSA) is 15.3 Å². The van der Waals surface area contributed by atoms with Crippen molar-refractivity contribution in [1.82, 2.24) is 10.2 Å². The molecule has 0 aliphatic heterocycles. The van der Waals surface area contributed by atoms with E-state index in [2.05, 4.69) is 72.0 Å². The van der Waals surface area contributed by atoms with Gasteiger partial charge in [-0.3, -0.25) is 4.90 Å². The van der Waals surface area contributed by atoms with E-state index in [1.165, 1.54) is 15.6 Å². The molecule has 0 aliphatic carbocycles. The summed E-state index contributed by atoms with van der Waals surface area (Å²) in [5.74, 6) is 1.41. The second-order valence-corrected chi connectivity index (χ2v) is 7.29. The summed E-state index contributed by atoms with van der Waals surface area (Å²) in [7, 11) is 1.98. The van der Waals surface area contributed by atoms with Crippen LogP contribution in [0.2, 0.25) is 0 Å². The van der Waals surface area contributed by atoms with Gasteiger partial charge in [-0.15, -0.1) is 0 Å². The molecule has 0 aromatic heterocycles. The van der Waals surface area contributed by atoms with E-state index in [1.54, 1.807) is 0 Å². The summed E-state index contributed by atoms with van der Waals surface area (Å²) < 4.78 is 1.22. The molecule has 0 bridgehead atoms. The van der Waals surface area contributed by atoms with Crippen molar-refractivity contribution in [3.8, 4) is 0 Å². The van der Waals surface area contributed by atoms with Crippen LogP contribution in [0.25, 0.3) is 0 Å². The highest BCUT2D eigenvalue weighted by Crippen LogP contribution is 2.21. The summed E-state index contributed by atoms with van der Waals surface area (Å²) in [6, 6.07) is 6.71. The molecule has 0 spiro atoms. The maximum Gasteiger partial charge on any atom is 0.0245 e. The van der Waals surface area contributed by atoms with Crippen molar-refractivity contribution in [3.05, 3.63) is 33.8 Å². The number of nitrogens with one attached hydrogen (secondary N) is 1. The van der Waals surface area contributed by atoms with Crippen LogP contribution in [0.4, 0.5) is 0 Å². The molecule has 0 fully saturated rings. The van der Waals surface area contributed by atoms with Gasteiger partial charge < -0.3 is 5.32 Å². The monoisotopic (exact) mass is 340 g/mol. The summed E-state index contributed by atoms with van der Waals surface area (Å²) in [4.78, 5) is 2.56. The first-order valence-electron chi connectivity index (χ1n) is 7.56. The Labute approximate surface area is 133 Å². The standard InChI is InChI=1S/C17H29BrN2/c1-13(2)10-20(11-14(3)4)12-16-7-6-15(9-19-5)8-17(16)18/h6-8,13-14,19H,9-12H2,1-5H3. The van der Waals surface area contributed by atoms with Gasteiger partial charge >= 0.3 is 0 Å². The number of nitrogens with zero attached hydrogens (tertiary/aromatic N) is 1. The summed E-state index contributed by atoms with van der Waals surface area (Å²) in [5.41, 5.74) is 2.70. The minimum atomic E-state index is 0.705. The highest BCUT2D eigenvalue weighted by Gasteiger charge is 2.12. The van der Waals surface area contributed by atoms with Crippen LogP contribution in [-0.2, 0) is 13.1 Å². The molecule has 3 heteroatoms. The Balaban J connectivity index is 2.76. The van der Waals surface area contributed by atoms with Crippen LogP contribution in [0, 0.1) is 11.8 Å². The molecule has 1 aromatic rings. The van der Waals surface area contributed by atoms with Crippen LogP contribution in [0.3, 0.4) is 0 Å². The lowest BCUT2D eigenvalue weighted by Gasteiger charge is -2.26. The number of hydrogen-bond donors (Lipinski definition) is 1. The maximum absolute atomic E-state index is 3.72. The molecule has 114 valence electrons. The highest BCUT2D eigenvalue weighted by atomic mass is 79.9. The molecule has 2 nitrogen and oxygen atoms in total. The molecule has 0 aliphatic rings. The number of hydrogen-bond acceptors (Lipinski definition) is 2. The van der Waals surface area contributed by atoms with E-state index < -0.39 is 0 Å². The van der Waals surface area contributed by atoms with Gasteiger partial charge in [0.05, 0.1) is 0 Å². The SMILES string of the molecule is CNCc1ccc(CN(CC(C)C)CC(C)C)c(Br)c1. The summed E-state index contributed by atoms with van der Waals surface area (Å²) in [5, 5.41) is 3.19. The van der Waals surface area contributed by atoms with Crippen molar-refractivity contribution in [3.63, 3.8) is 0 Å². The molecule has 1 aromatic carbocycles. The molecule has 20 heavy (non-hydrogen) atoms. The van der Waals surface area contributed by atoms with Crippen LogP contribution < -0.4 is 5.32 Å². The molecular formula is C17H29BrN2. The van der Waals surface area contributed by atoms with Gasteiger partial charge in [0.2, 0.25) is 0 Å². The third kappa shape index (κ3) is 6.38. The molecule has 0 heterocycles. The third-order valence-electron chi connectivity index (χ3n) is 3.14. The lowest BCUT2D eigenvalue weighted by molar-refractivity contribution is 0.211. The zero-order valence-corrected chi connectivity index (χ0v) is 15.1. The van der Waals surface area contributed by atoms with E-state index >= 15 is 0 Å². The minimum Gasteiger partial charge on any atom is -0.316 e. The van der Waals surface area contributed by atoms with Crippen LogP contribution in [0.5, 0.6) is 0 Å². The Bertz CT molecular complexity index is 392. The lowest BCUT2D eigenvalue weighted by Crippen LogP contribution is -2.31. The molecule has 1 rings (SSSR count). The van der Waals surface area contributed by atoms with E-state index in [1.807, 2.05) is 7.05 Å². The highest BCUT2D eigenvalue weighted by molar-refractivity contribution is 9.10. The van der Waals surface area contributed by atoms with Gasteiger partial charge in [-0.05, 0) is 36.1 Å². The Hall–Kier alpha value is -0.380. The molecule has 0 saturated heterocycles. The van der Waals surface area contributed by atoms with Crippen LogP contribution >= 0.6 is 15.9 Å². The largest absolute Gasteiger partial charge is 0.316 e. The number of halogens is 1. The van der Waals surface area contributed by atoms with Gasteiger partial charge in [0, 0.05) is 30.7 Å². The Morgan fingerprint density at radius 1 is 1.10 bits per heavy atom. The minimum absolute atomic E-state index is 0.705. The van der Waals surface area contributed by atoms with Gasteiger partial charge in [0.15, 0.2) is 0 Å². The van der Waals surface area contributed by atoms with E-state index in [0.717, 1.165) is 26.2 Å². The molecule has 0 unspecified atom stereocenters. The van der Waals surface area contributed by atoms with Gasteiger partial charge in [-0.25, -0.2) is 0 Å². The fraction of sp³-hybridized carbons (Fsp3) is 0.647. The zero-order valence-electron chi connectivity index (χ0n) is 13.5. The predicted molar refractivity (Wildman–Crippen MR) is 91.9 cm³/mol. The number of benzene rings is 1. The van der Waals surface area contributed by atoms with Crippen LogP contribution in [-0.4, -0.2) is 25.0 Å². The van der Waals surface area contributed by atoms with Gasteiger partial charge in [-0.2, -0.15) is 0 Å². The van der Waals surface area contributed by atoms with Crippen molar-refractivity contribution in [2.24, 2.45) is 11.8 Å². The molecule has 1 N–H and O–H groups in total. The second kappa shape index (κ2) is 8.81. The quantitative estimate of drug-likeness (QED) is 0.759. The second-order valence-electron chi connectivity index (χ2n) is 6.44. The van der Waals surface area contributed by atoms with Crippen molar-refractivity contribution in [2.75, 3.05) is 20.1 Å². The van der Waals surface area contributed by atoms with Gasteiger partial charge in [0.25, 0.3) is 0 Å². The summed E-state index contributed by atoms with van der Waals surface area (Å²) in [6.07, 6.45) is 0. The third-order valence-corrected chi connectivity index (χ3v) is 3.88. The average molecular weight is 341 g/mol. The smallest absolute Gasteiger partial charge is 0.0245 e. The summed E-state index contributed by atoms with van der Waals surface area (Å²) in [6.45, 7) is 13.4. The van der Waals surface area contributed by atoms with Crippen molar-refractivity contribution in [1.29, 1.82) is 0 Å². The first-order chi connectivity index (χ1) is 9.42. The van der Waals surface area contributed by atoms with Crippen molar-refractivity contribution < 1.29 is 0 Å². The predicted octanol–water partition coefficient (Wildman–Crippen LogP) is 4.28. The fourth-order valence-corrected chi connectivity index (χ4v) is 3.06. The Morgan fingerprint density at radius 3 is 2.15 bits per heavy atom. The van der Waals surface area contributed by atoms with E-state index in [4.69, 9.17) is 0 Å². The van der Waals surface area contributed by atoms with Gasteiger partial charge in [-0.1, -0.05) is 55.8 Å². The maximum atomic E-state index is 3.72. The van der Waals surface area contributed by atoms with Gasteiger partial charge in [0.1, 0.15) is 0 Å². The normalized spacial score (nSPS) is 11.8. The van der Waals surface area contributed by atoms with E-state index in [9.17, 15) is 0 Å². The van der Waals surface area contributed by atoms with Crippen LogP contribution in [0.15, 0.2) is 22.7 Å². The molecular weight excluding hydrogens is 312 g/mol. The molecule has 0 amide bonds. The number of rotatable bonds is 8. The zero-order chi connectivity index (χ0) is 15.1.